The number of carbonyl (C=O) groups excluding carboxylic acids is 2. The molecule has 0 radical (unpaired) electrons. The molecule has 2 heterocycles. The van der Waals surface area contributed by atoms with Gasteiger partial charge in [0.15, 0.2) is 0 Å². The third kappa shape index (κ3) is 11.2. The molecule has 0 spiro atoms. The summed E-state index contributed by atoms with van der Waals surface area (Å²) < 4.78 is 10.8. The van der Waals surface area contributed by atoms with Gasteiger partial charge in [-0.1, -0.05) is 0 Å². The Morgan fingerprint density at radius 2 is 0.900 bits per heavy atom. The first-order valence-corrected chi connectivity index (χ1v) is 17.5. The van der Waals surface area contributed by atoms with Crippen LogP contribution in [0.3, 0.4) is 0 Å². The number of hydrogen-bond donors (Lipinski definition) is 4. The summed E-state index contributed by atoms with van der Waals surface area (Å²) in [5.41, 5.74) is 4.16. The first kappa shape index (κ1) is 36.7. The van der Waals surface area contributed by atoms with Crippen LogP contribution in [-0.4, -0.2) is 126 Å². The number of hydrogen-bond acceptors (Lipinski definition) is 8. The second-order valence-electron chi connectivity index (χ2n) is 12.3. The maximum atomic E-state index is 13.0. The highest BCUT2D eigenvalue weighted by Gasteiger charge is 2.13. The Morgan fingerprint density at radius 3 is 1.24 bits per heavy atom. The molecule has 4 N–H and O–H groups in total. The Kier molecular flexibility index (Phi) is 14.3. The molecule has 0 atom stereocenters. The van der Waals surface area contributed by atoms with Gasteiger partial charge in [0, 0.05) is 87.0 Å². The van der Waals surface area contributed by atoms with E-state index >= 15 is 0 Å². The molecule has 3 aromatic carbocycles. The molecule has 5 rings (SSSR count). The predicted octanol–water partition coefficient (Wildman–Crippen LogP) is 3.57. The molecule has 50 heavy (non-hydrogen) atoms. The van der Waals surface area contributed by atoms with Crippen molar-refractivity contribution in [3.8, 4) is 0 Å². The number of carbonyl (C=O) groups is 2. The quantitative estimate of drug-likeness (QED) is 0.115. The first-order chi connectivity index (χ1) is 24.5. The Bertz CT molecular complexity index is 1450. The van der Waals surface area contributed by atoms with Gasteiger partial charge in [-0.2, -0.15) is 0 Å². The SMILES string of the molecule is CN=C(NCCCN1CCOCC1)c1ccc(NC(=O)c2ccc(C(=O)Nc3ccc(C(=NC)NCCCN4CCOCC4)cc3)cc2)cc1. The summed E-state index contributed by atoms with van der Waals surface area (Å²) in [6.07, 6.45) is 2.04. The van der Waals surface area contributed by atoms with Crippen molar-refractivity contribution in [2.45, 2.75) is 12.8 Å². The number of benzene rings is 3. The lowest BCUT2D eigenvalue weighted by atomic mass is 10.1. The molecule has 2 aliphatic rings. The van der Waals surface area contributed by atoms with E-state index in [0.717, 1.165) is 114 Å². The lowest BCUT2D eigenvalue weighted by Gasteiger charge is -2.26. The van der Waals surface area contributed by atoms with Crippen LogP contribution in [0.1, 0.15) is 44.7 Å². The van der Waals surface area contributed by atoms with E-state index in [1.807, 2.05) is 48.5 Å². The molecule has 0 aliphatic carbocycles. The van der Waals surface area contributed by atoms with E-state index in [2.05, 4.69) is 41.1 Å². The van der Waals surface area contributed by atoms with Crippen molar-refractivity contribution in [1.82, 2.24) is 20.4 Å². The second kappa shape index (κ2) is 19.5. The average molecular weight is 683 g/mol. The van der Waals surface area contributed by atoms with Crippen LogP contribution in [0.25, 0.3) is 0 Å². The molecular formula is C38H50N8O4. The summed E-state index contributed by atoms with van der Waals surface area (Å²) in [5, 5.41) is 12.7. The standard InChI is InChI=1S/C38H50N8O4/c1-39-35(41-17-3-19-45-21-25-49-26-22-45)29-9-13-33(14-10-29)43-37(47)31-5-7-32(8-6-31)38(48)44-34-15-11-30(12-16-34)36(40-2)42-18-4-20-46-23-27-50-28-24-46/h5-16H,3-4,17-28H2,1-2H3,(H,39,41)(H,40,42)(H,43,47)(H,44,48). The minimum Gasteiger partial charge on any atom is -0.379 e. The number of aliphatic imine (C=N–C) groups is 2. The van der Waals surface area contributed by atoms with E-state index < -0.39 is 0 Å². The summed E-state index contributed by atoms with van der Waals surface area (Å²) in [6, 6.07) is 21.8. The van der Waals surface area contributed by atoms with Gasteiger partial charge >= 0.3 is 0 Å². The molecular weight excluding hydrogens is 632 g/mol. The third-order valence-corrected chi connectivity index (χ3v) is 8.78. The number of anilines is 2. The largest absolute Gasteiger partial charge is 0.379 e. The van der Waals surface area contributed by atoms with Gasteiger partial charge in [0.25, 0.3) is 11.8 Å². The van der Waals surface area contributed by atoms with Crippen molar-refractivity contribution in [2.75, 3.05) is 104 Å². The fraction of sp³-hybridized carbons (Fsp3) is 0.421. The highest BCUT2D eigenvalue weighted by atomic mass is 16.5. The number of nitrogens with zero attached hydrogens (tertiary/aromatic N) is 4. The van der Waals surface area contributed by atoms with Crippen LogP contribution >= 0.6 is 0 Å². The minimum absolute atomic E-state index is 0.256. The van der Waals surface area contributed by atoms with Crippen molar-refractivity contribution in [3.63, 3.8) is 0 Å². The van der Waals surface area contributed by atoms with Crippen molar-refractivity contribution in [1.29, 1.82) is 0 Å². The molecule has 12 heteroatoms. The van der Waals surface area contributed by atoms with E-state index in [9.17, 15) is 9.59 Å². The highest BCUT2D eigenvalue weighted by molar-refractivity contribution is 6.07. The number of morpholine rings is 2. The lowest BCUT2D eigenvalue weighted by Crippen LogP contribution is -2.38. The smallest absolute Gasteiger partial charge is 0.255 e. The van der Waals surface area contributed by atoms with Crippen LogP contribution in [0.2, 0.25) is 0 Å². The second-order valence-corrected chi connectivity index (χ2v) is 12.3. The normalized spacial score (nSPS) is 16.1. The summed E-state index contributed by atoms with van der Waals surface area (Å²) in [4.78, 5) is 39.6. The molecule has 2 fully saturated rings. The third-order valence-electron chi connectivity index (χ3n) is 8.78. The lowest BCUT2D eigenvalue weighted by molar-refractivity contribution is 0.0375. The fourth-order valence-electron chi connectivity index (χ4n) is 5.89. The molecule has 0 bridgehead atoms. The van der Waals surface area contributed by atoms with Gasteiger partial charge in [0.1, 0.15) is 11.7 Å². The van der Waals surface area contributed by atoms with Crippen molar-refractivity contribution in [2.24, 2.45) is 9.98 Å². The zero-order chi connectivity index (χ0) is 35.0. The van der Waals surface area contributed by atoms with Gasteiger partial charge in [-0.15, -0.1) is 0 Å². The van der Waals surface area contributed by atoms with Crippen molar-refractivity contribution >= 4 is 34.9 Å². The van der Waals surface area contributed by atoms with E-state index in [1.165, 1.54) is 0 Å². The van der Waals surface area contributed by atoms with Crippen molar-refractivity contribution in [3.05, 3.63) is 95.1 Å². The van der Waals surface area contributed by atoms with Crippen LogP contribution < -0.4 is 21.3 Å². The molecule has 0 saturated carbocycles. The van der Waals surface area contributed by atoms with Crippen LogP contribution in [0.15, 0.2) is 82.8 Å². The first-order valence-electron chi connectivity index (χ1n) is 17.5. The molecule has 0 unspecified atom stereocenters. The maximum Gasteiger partial charge on any atom is 0.255 e. The van der Waals surface area contributed by atoms with Crippen LogP contribution in [0.4, 0.5) is 11.4 Å². The van der Waals surface area contributed by atoms with Gasteiger partial charge in [-0.25, -0.2) is 0 Å². The molecule has 2 saturated heterocycles. The molecule has 2 aliphatic heterocycles. The topological polar surface area (TPSA) is 132 Å². The zero-order valence-electron chi connectivity index (χ0n) is 29.2. The van der Waals surface area contributed by atoms with E-state index in [0.29, 0.717) is 22.5 Å². The van der Waals surface area contributed by atoms with Gasteiger partial charge in [-0.3, -0.25) is 29.4 Å². The summed E-state index contributed by atoms with van der Waals surface area (Å²) in [6.45, 7) is 10.9. The average Bonchev–Trinajstić information content (AvgIpc) is 3.16. The van der Waals surface area contributed by atoms with Crippen molar-refractivity contribution < 1.29 is 19.1 Å². The number of rotatable bonds is 14. The highest BCUT2D eigenvalue weighted by Crippen LogP contribution is 2.15. The molecule has 12 nitrogen and oxygen atoms in total. The number of ether oxygens (including phenoxy) is 2. The summed E-state index contributed by atoms with van der Waals surface area (Å²) in [5.74, 6) is 1.12. The van der Waals surface area contributed by atoms with Gasteiger partial charge in [0.2, 0.25) is 0 Å². The summed E-state index contributed by atoms with van der Waals surface area (Å²) >= 11 is 0. The number of amides is 2. The minimum atomic E-state index is -0.256. The van der Waals surface area contributed by atoms with E-state index in [4.69, 9.17) is 9.47 Å². The fourth-order valence-corrected chi connectivity index (χ4v) is 5.89. The zero-order valence-corrected chi connectivity index (χ0v) is 29.2. The summed E-state index contributed by atoms with van der Waals surface area (Å²) in [7, 11) is 3.54. The monoisotopic (exact) mass is 682 g/mol. The van der Waals surface area contributed by atoms with Gasteiger partial charge in [-0.05, 0) is 98.7 Å². The Hall–Kier alpha value is -4.62. The Labute approximate surface area is 295 Å². The molecule has 266 valence electrons. The van der Waals surface area contributed by atoms with Gasteiger partial charge in [0.05, 0.1) is 26.4 Å². The number of amidine groups is 2. The van der Waals surface area contributed by atoms with Crippen LogP contribution in [0, 0.1) is 0 Å². The van der Waals surface area contributed by atoms with E-state index in [1.54, 1.807) is 38.4 Å². The van der Waals surface area contributed by atoms with Crippen LogP contribution in [0.5, 0.6) is 0 Å². The van der Waals surface area contributed by atoms with E-state index in [-0.39, 0.29) is 11.8 Å². The Balaban J connectivity index is 1.04. The molecule has 2 amide bonds. The Morgan fingerprint density at radius 1 is 0.560 bits per heavy atom. The van der Waals surface area contributed by atoms with Gasteiger partial charge < -0.3 is 30.7 Å². The predicted molar refractivity (Wildman–Crippen MR) is 200 cm³/mol. The number of nitrogens with one attached hydrogen (secondary N) is 4. The molecule has 0 aromatic heterocycles. The molecule has 3 aromatic rings. The van der Waals surface area contributed by atoms with Crippen LogP contribution in [-0.2, 0) is 9.47 Å². The maximum absolute atomic E-state index is 13.0.